The molecule has 0 aromatic heterocycles. The number of benzene rings is 4. The van der Waals surface area contributed by atoms with Gasteiger partial charge in [0, 0.05) is 23.5 Å². The Labute approximate surface area is 266 Å². The van der Waals surface area contributed by atoms with Gasteiger partial charge in [-0.2, -0.15) is 0 Å². The van der Waals surface area contributed by atoms with Crippen LogP contribution < -0.4 is 9.62 Å². The first-order chi connectivity index (χ1) is 20.9. The third kappa shape index (κ3) is 8.54. The summed E-state index contributed by atoms with van der Waals surface area (Å²) in [7, 11) is -4.26. The highest BCUT2D eigenvalue weighted by molar-refractivity contribution is 9.10. The van der Waals surface area contributed by atoms with E-state index in [4.69, 9.17) is 0 Å². The van der Waals surface area contributed by atoms with Crippen molar-refractivity contribution in [2.45, 2.75) is 50.7 Å². The maximum Gasteiger partial charge on any atom is 0.264 e. The summed E-state index contributed by atoms with van der Waals surface area (Å²) in [6, 6.07) is 26.8. The molecule has 0 saturated carbocycles. The molecular formula is C34H35BrFN3O4S. The molecule has 7 nitrogen and oxygen atoms in total. The summed E-state index contributed by atoms with van der Waals surface area (Å²) < 4.78 is 43.7. The van der Waals surface area contributed by atoms with Crippen LogP contribution in [-0.2, 0) is 32.6 Å². The van der Waals surface area contributed by atoms with Crippen LogP contribution in [-0.4, -0.2) is 43.8 Å². The minimum atomic E-state index is -4.26. The largest absolute Gasteiger partial charge is 0.352 e. The van der Waals surface area contributed by atoms with Gasteiger partial charge in [-0.15, -0.1) is 0 Å². The van der Waals surface area contributed by atoms with Crippen molar-refractivity contribution >= 4 is 43.5 Å². The van der Waals surface area contributed by atoms with E-state index in [1.807, 2.05) is 75.4 Å². The van der Waals surface area contributed by atoms with Crippen LogP contribution in [0.25, 0.3) is 0 Å². The molecule has 4 aromatic carbocycles. The molecule has 0 unspecified atom stereocenters. The molecule has 0 aliphatic rings. The number of anilines is 1. The maximum absolute atomic E-state index is 14.4. The summed E-state index contributed by atoms with van der Waals surface area (Å²) in [6.07, 6.45) is 0.209. The van der Waals surface area contributed by atoms with Crippen LogP contribution in [0.3, 0.4) is 0 Å². The fraction of sp³-hybridized carbons (Fsp3) is 0.235. The van der Waals surface area contributed by atoms with E-state index in [1.165, 1.54) is 29.2 Å². The lowest BCUT2D eigenvalue weighted by atomic mass is 10.0. The summed E-state index contributed by atoms with van der Waals surface area (Å²) in [5.74, 6) is -1.50. The van der Waals surface area contributed by atoms with E-state index in [2.05, 4.69) is 21.2 Å². The highest BCUT2D eigenvalue weighted by Crippen LogP contribution is 2.26. The third-order valence-corrected chi connectivity index (χ3v) is 9.23. The van der Waals surface area contributed by atoms with Crippen LogP contribution in [0, 0.1) is 12.7 Å². The quantitative estimate of drug-likeness (QED) is 0.192. The Kier molecular flexibility index (Phi) is 10.9. The molecule has 2 amide bonds. The standard InChI is InChI=1S/C34H35BrFN3O4S/c1-24(2)37-34(41)32(21-26-8-5-4-6-9-26)38(22-27-10-7-11-28(35)20-27)33(40)23-39(30-16-14-29(36)15-17-30)44(42,43)31-18-12-25(3)13-19-31/h4-20,24,32H,21-23H2,1-3H3,(H,37,41)/t32-/m1/s1. The molecule has 1 atom stereocenters. The van der Waals surface area contributed by atoms with Crippen LogP contribution in [0.4, 0.5) is 10.1 Å². The average molecular weight is 681 g/mol. The molecule has 4 rings (SSSR count). The van der Waals surface area contributed by atoms with E-state index in [0.717, 1.165) is 37.6 Å². The topological polar surface area (TPSA) is 86.8 Å². The number of halogens is 2. The van der Waals surface area contributed by atoms with Crippen LogP contribution in [0.15, 0.2) is 112 Å². The fourth-order valence-electron chi connectivity index (χ4n) is 4.74. The normalized spacial score (nSPS) is 12.0. The summed E-state index contributed by atoms with van der Waals surface area (Å²) >= 11 is 3.47. The molecule has 0 fully saturated rings. The Bertz CT molecular complexity index is 1680. The van der Waals surface area contributed by atoms with Crippen LogP contribution in [0.2, 0.25) is 0 Å². The molecular weight excluding hydrogens is 645 g/mol. The predicted octanol–water partition coefficient (Wildman–Crippen LogP) is 6.26. The molecule has 0 aliphatic carbocycles. The van der Waals surface area contributed by atoms with Crippen molar-refractivity contribution in [2.24, 2.45) is 0 Å². The molecule has 0 bridgehead atoms. The Hall–Kier alpha value is -4.02. The lowest BCUT2D eigenvalue weighted by molar-refractivity contribution is -0.140. The second-order valence-electron chi connectivity index (χ2n) is 10.8. The van der Waals surface area contributed by atoms with E-state index in [0.29, 0.717) is 0 Å². The van der Waals surface area contributed by atoms with E-state index >= 15 is 0 Å². The highest BCUT2D eigenvalue weighted by Gasteiger charge is 2.34. The number of hydrogen-bond acceptors (Lipinski definition) is 4. The van der Waals surface area contributed by atoms with Crippen molar-refractivity contribution in [3.8, 4) is 0 Å². The predicted molar refractivity (Wildman–Crippen MR) is 174 cm³/mol. The van der Waals surface area contributed by atoms with Gasteiger partial charge >= 0.3 is 0 Å². The first-order valence-corrected chi connectivity index (χ1v) is 16.4. The van der Waals surface area contributed by atoms with Crippen molar-refractivity contribution in [3.63, 3.8) is 0 Å². The molecule has 230 valence electrons. The summed E-state index contributed by atoms with van der Waals surface area (Å²) in [4.78, 5) is 29.5. The van der Waals surface area contributed by atoms with Gasteiger partial charge in [0.1, 0.15) is 18.4 Å². The van der Waals surface area contributed by atoms with Crippen molar-refractivity contribution in [1.29, 1.82) is 0 Å². The lowest BCUT2D eigenvalue weighted by Gasteiger charge is -2.34. The summed E-state index contributed by atoms with van der Waals surface area (Å²) in [6.45, 7) is 4.94. The molecule has 44 heavy (non-hydrogen) atoms. The van der Waals surface area contributed by atoms with Crippen LogP contribution in [0.5, 0.6) is 0 Å². The van der Waals surface area contributed by atoms with Gasteiger partial charge in [-0.05, 0) is 80.4 Å². The monoisotopic (exact) mass is 679 g/mol. The number of carbonyl (C=O) groups excluding carboxylic acids is 2. The zero-order valence-corrected chi connectivity index (χ0v) is 27.2. The SMILES string of the molecule is Cc1ccc(S(=O)(=O)N(CC(=O)N(Cc2cccc(Br)c2)[C@H](Cc2ccccc2)C(=O)NC(C)C)c2ccc(F)cc2)cc1. The van der Waals surface area contributed by atoms with Gasteiger partial charge < -0.3 is 10.2 Å². The summed E-state index contributed by atoms with van der Waals surface area (Å²) in [5.41, 5.74) is 2.58. The average Bonchev–Trinajstić information content (AvgIpc) is 2.98. The number of aryl methyl sites for hydroxylation is 1. The lowest BCUT2D eigenvalue weighted by Crippen LogP contribution is -2.54. The molecule has 0 spiro atoms. The van der Waals surface area contributed by atoms with Crippen molar-refractivity contribution in [1.82, 2.24) is 10.2 Å². The molecule has 4 aromatic rings. The van der Waals surface area contributed by atoms with E-state index in [-0.39, 0.29) is 35.5 Å². The van der Waals surface area contributed by atoms with Crippen LogP contribution >= 0.6 is 15.9 Å². The highest BCUT2D eigenvalue weighted by atomic mass is 79.9. The van der Waals surface area contributed by atoms with Gasteiger partial charge in [-0.25, -0.2) is 12.8 Å². The first kappa shape index (κ1) is 32.9. The minimum Gasteiger partial charge on any atom is -0.352 e. The second-order valence-corrected chi connectivity index (χ2v) is 13.6. The van der Waals surface area contributed by atoms with Gasteiger partial charge in [0.05, 0.1) is 10.6 Å². The Balaban J connectivity index is 1.80. The van der Waals surface area contributed by atoms with E-state index in [9.17, 15) is 22.4 Å². The van der Waals surface area contributed by atoms with Gasteiger partial charge in [-0.1, -0.05) is 76.1 Å². The van der Waals surface area contributed by atoms with Gasteiger partial charge in [0.15, 0.2) is 0 Å². The van der Waals surface area contributed by atoms with Gasteiger partial charge in [0.2, 0.25) is 11.8 Å². The Morgan fingerprint density at radius 3 is 2.11 bits per heavy atom. The number of nitrogens with one attached hydrogen (secondary N) is 1. The molecule has 10 heteroatoms. The first-order valence-electron chi connectivity index (χ1n) is 14.2. The van der Waals surface area contributed by atoms with E-state index in [1.54, 1.807) is 12.1 Å². The number of rotatable bonds is 12. The molecule has 0 heterocycles. The number of hydrogen-bond donors (Lipinski definition) is 1. The Morgan fingerprint density at radius 1 is 0.864 bits per heavy atom. The molecule has 0 saturated heterocycles. The van der Waals surface area contributed by atoms with Crippen molar-refractivity contribution in [3.05, 3.63) is 130 Å². The van der Waals surface area contributed by atoms with Gasteiger partial charge in [0.25, 0.3) is 10.0 Å². The number of amides is 2. The third-order valence-electron chi connectivity index (χ3n) is 6.95. The molecule has 0 radical (unpaired) electrons. The zero-order valence-electron chi connectivity index (χ0n) is 24.8. The van der Waals surface area contributed by atoms with Gasteiger partial charge in [-0.3, -0.25) is 13.9 Å². The Morgan fingerprint density at radius 2 is 1.50 bits per heavy atom. The number of sulfonamides is 1. The van der Waals surface area contributed by atoms with Crippen molar-refractivity contribution < 1.29 is 22.4 Å². The van der Waals surface area contributed by atoms with Crippen molar-refractivity contribution in [2.75, 3.05) is 10.8 Å². The second kappa shape index (κ2) is 14.6. The molecule has 0 aliphatic heterocycles. The summed E-state index contributed by atoms with van der Waals surface area (Å²) in [5, 5.41) is 2.93. The zero-order chi connectivity index (χ0) is 31.9. The molecule has 1 N–H and O–H groups in total. The fourth-order valence-corrected chi connectivity index (χ4v) is 6.60. The van der Waals surface area contributed by atoms with E-state index < -0.39 is 34.3 Å². The number of carbonyl (C=O) groups is 2. The smallest absolute Gasteiger partial charge is 0.264 e. The maximum atomic E-state index is 14.4. The van der Waals surface area contributed by atoms with Crippen LogP contribution in [0.1, 0.15) is 30.5 Å². The number of nitrogens with zero attached hydrogens (tertiary/aromatic N) is 2. The minimum absolute atomic E-state index is 0.0165.